The summed E-state index contributed by atoms with van der Waals surface area (Å²) in [5, 5.41) is 0. The molecule has 22 heavy (non-hydrogen) atoms. The molecule has 134 valence electrons. The lowest BCUT2D eigenvalue weighted by Gasteiger charge is -2.52. The highest BCUT2D eigenvalue weighted by Crippen LogP contribution is 2.49. The molecule has 2 nitrogen and oxygen atoms in total. The van der Waals surface area contributed by atoms with Crippen LogP contribution in [-0.4, -0.2) is 5.66 Å². The average molecular weight is 313 g/mol. The Kier molecular flexibility index (Phi) is 11.4. The van der Waals surface area contributed by atoms with Crippen LogP contribution in [0.15, 0.2) is 0 Å². The highest BCUT2D eigenvalue weighted by molar-refractivity contribution is 5.01. The van der Waals surface area contributed by atoms with Crippen molar-refractivity contribution in [1.82, 2.24) is 0 Å². The molecule has 0 rings (SSSR count). The van der Waals surface area contributed by atoms with Crippen LogP contribution in [0.5, 0.6) is 0 Å². The van der Waals surface area contributed by atoms with Crippen molar-refractivity contribution in [2.45, 2.75) is 117 Å². The Morgan fingerprint density at radius 2 is 1.18 bits per heavy atom. The van der Waals surface area contributed by atoms with Crippen LogP contribution in [0, 0.1) is 11.3 Å². The summed E-state index contributed by atoms with van der Waals surface area (Å²) in [5.41, 5.74) is 13.2. The maximum Gasteiger partial charge on any atom is 0.0697 e. The van der Waals surface area contributed by atoms with Crippen molar-refractivity contribution in [1.29, 1.82) is 0 Å². The molecule has 0 fully saturated rings. The summed E-state index contributed by atoms with van der Waals surface area (Å²) in [6.45, 7) is 11.4. The second kappa shape index (κ2) is 11.5. The lowest BCUT2D eigenvalue weighted by Crippen LogP contribution is -2.65. The second-order valence-corrected chi connectivity index (χ2v) is 7.43. The third kappa shape index (κ3) is 5.85. The molecule has 0 aliphatic heterocycles. The Labute approximate surface area is 140 Å². The lowest BCUT2D eigenvalue weighted by molar-refractivity contribution is 0.00569. The monoisotopic (exact) mass is 312 g/mol. The summed E-state index contributed by atoms with van der Waals surface area (Å²) in [4.78, 5) is 0. The minimum atomic E-state index is -0.514. The van der Waals surface area contributed by atoms with E-state index in [1.165, 1.54) is 64.2 Å². The smallest absolute Gasteiger partial charge is 0.0697 e. The van der Waals surface area contributed by atoms with Gasteiger partial charge in [-0.05, 0) is 31.6 Å². The van der Waals surface area contributed by atoms with Gasteiger partial charge in [0, 0.05) is 5.41 Å². The molecule has 1 atom stereocenters. The Hall–Kier alpha value is -0.0800. The van der Waals surface area contributed by atoms with Gasteiger partial charge in [0.05, 0.1) is 5.66 Å². The fourth-order valence-corrected chi connectivity index (χ4v) is 4.62. The quantitative estimate of drug-likeness (QED) is 0.306. The Balaban J connectivity index is 5.50. The minimum absolute atomic E-state index is 0.121. The molecule has 0 heterocycles. The number of rotatable bonds is 14. The molecular formula is C20H44N2. The zero-order chi connectivity index (χ0) is 17.1. The van der Waals surface area contributed by atoms with Gasteiger partial charge in [0.15, 0.2) is 0 Å². The van der Waals surface area contributed by atoms with E-state index in [0.717, 1.165) is 12.8 Å². The van der Waals surface area contributed by atoms with Crippen LogP contribution in [0.4, 0.5) is 0 Å². The van der Waals surface area contributed by atoms with Gasteiger partial charge in [-0.3, -0.25) is 0 Å². The number of unbranched alkanes of at least 4 members (excludes halogenated alkanes) is 2. The number of hydrogen-bond donors (Lipinski definition) is 2. The van der Waals surface area contributed by atoms with E-state index in [1.54, 1.807) is 0 Å². The third-order valence-corrected chi connectivity index (χ3v) is 5.56. The Bertz CT molecular complexity index is 254. The molecule has 0 spiro atoms. The summed E-state index contributed by atoms with van der Waals surface area (Å²) >= 11 is 0. The Morgan fingerprint density at radius 1 is 0.636 bits per heavy atom. The number of hydrogen-bond acceptors (Lipinski definition) is 2. The van der Waals surface area contributed by atoms with Gasteiger partial charge in [-0.2, -0.15) is 0 Å². The molecule has 0 aliphatic carbocycles. The van der Waals surface area contributed by atoms with E-state index in [1.807, 2.05) is 0 Å². The molecule has 0 saturated carbocycles. The fourth-order valence-electron chi connectivity index (χ4n) is 4.62. The van der Waals surface area contributed by atoms with Gasteiger partial charge < -0.3 is 11.5 Å². The van der Waals surface area contributed by atoms with Crippen molar-refractivity contribution >= 4 is 0 Å². The predicted molar refractivity (Wildman–Crippen MR) is 101 cm³/mol. The van der Waals surface area contributed by atoms with Crippen molar-refractivity contribution in [3.8, 4) is 0 Å². The fraction of sp³-hybridized carbons (Fsp3) is 1.00. The maximum absolute atomic E-state index is 6.79. The molecule has 1 unspecified atom stereocenters. The second-order valence-electron chi connectivity index (χ2n) is 7.43. The van der Waals surface area contributed by atoms with Crippen LogP contribution >= 0.6 is 0 Å². The topological polar surface area (TPSA) is 52.0 Å². The van der Waals surface area contributed by atoms with Crippen LogP contribution in [0.1, 0.15) is 112 Å². The van der Waals surface area contributed by atoms with Crippen LogP contribution in [-0.2, 0) is 0 Å². The van der Waals surface area contributed by atoms with E-state index in [2.05, 4.69) is 34.6 Å². The first-order chi connectivity index (χ1) is 10.5. The molecule has 0 saturated heterocycles. The van der Waals surface area contributed by atoms with Gasteiger partial charge in [-0.15, -0.1) is 0 Å². The number of nitrogens with two attached hydrogens (primary N) is 2. The van der Waals surface area contributed by atoms with Crippen molar-refractivity contribution in [3.63, 3.8) is 0 Å². The molecule has 0 aromatic carbocycles. The van der Waals surface area contributed by atoms with Crippen molar-refractivity contribution in [3.05, 3.63) is 0 Å². The Morgan fingerprint density at radius 3 is 1.59 bits per heavy atom. The first-order valence-electron chi connectivity index (χ1n) is 10.0. The van der Waals surface area contributed by atoms with Crippen LogP contribution in [0.3, 0.4) is 0 Å². The maximum atomic E-state index is 6.79. The lowest BCUT2D eigenvalue weighted by atomic mass is 9.58. The predicted octanol–water partition coefficient (Wildman–Crippen LogP) is 5.98. The summed E-state index contributed by atoms with van der Waals surface area (Å²) in [6.07, 6.45) is 14.6. The van der Waals surface area contributed by atoms with Crippen molar-refractivity contribution < 1.29 is 0 Å². The highest BCUT2D eigenvalue weighted by Gasteiger charge is 2.48. The van der Waals surface area contributed by atoms with E-state index in [4.69, 9.17) is 11.5 Å². The van der Waals surface area contributed by atoms with Crippen molar-refractivity contribution in [2.75, 3.05) is 0 Å². The van der Waals surface area contributed by atoms with Crippen LogP contribution in [0.2, 0.25) is 0 Å². The van der Waals surface area contributed by atoms with Gasteiger partial charge in [0.1, 0.15) is 0 Å². The molecule has 0 bridgehead atoms. The summed E-state index contributed by atoms with van der Waals surface area (Å²) < 4.78 is 0. The minimum Gasteiger partial charge on any atom is -0.313 e. The van der Waals surface area contributed by atoms with Gasteiger partial charge in [-0.1, -0.05) is 86.0 Å². The SMILES string of the molecule is CCCCCC(CCC)C(CCC)(CCC)C(N)(N)CCC. The summed E-state index contributed by atoms with van der Waals surface area (Å²) in [7, 11) is 0. The van der Waals surface area contributed by atoms with Crippen LogP contribution in [0.25, 0.3) is 0 Å². The largest absolute Gasteiger partial charge is 0.313 e. The van der Waals surface area contributed by atoms with E-state index in [0.29, 0.717) is 5.92 Å². The third-order valence-electron chi connectivity index (χ3n) is 5.56. The van der Waals surface area contributed by atoms with Crippen LogP contribution < -0.4 is 11.5 Å². The normalized spacial score (nSPS) is 14.3. The van der Waals surface area contributed by atoms with E-state index >= 15 is 0 Å². The molecule has 2 heteroatoms. The van der Waals surface area contributed by atoms with E-state index < -0.39 is 5.66 Å². The van der Waals surface area contributed by atoms with Gasteiger partial charge in [-0.25, -0.2) is 0 Å². The first kappa shape index (κ1) is 21.9. The summed E-state index contributed by atoms with van der Waals surface area (Å²) in [6, 6.07) is 0. The molecule has 0 amide bonds. The molecule has 0 aromatic rings. The van der Waals surface area contributed by atoms with Gasteiger partial charge in [0.25, 0.3) is 0 Å². The molecule has 0 aromatic heterocycles. The summed E-state index contributed by atoms with van der Waals surface area (Å²) in [5.74, 6) is 0.686. The average Bonchev–Trinajstić information content (AvgIpc) is 2.46. The molecule has 0 radical (unpaired) electrons. The molecule has 0 aliphatic rings. The zero-order valence-corrected chi connectivity index (χ0v) is 16.2. The molecular weight excluding hydrogens is 268 g/mol. The first-order valence-corrected chi connectivity index (χ1v) is 10.0. The van der Waals surface area contributed by atoms with E-state index in [9.17, 15) is 0 Å². The standard InChI is InChI=1S/C20H44N2/c1-6-11-12-14-18(13-7-2)19(15-8-3,16-9-4)20(21,22)17-10-5/h18H,6-17,21-22H2,1-5H3. The van der Waals surface area contributed by atoms with Gasteiger partial charge >= 0.3 is 0 Å². The van der Waals surface area contributed by atoms with E-state index in [-0.39, 0.29) is 5.41 Å². The highest BCUT2D eigenvalue weighted by atomic mass is 15.0. The van der Waals surface area contributed by atoms with Crippen molar-refractivity contribution in [2.24, 2.45) is 22.8 Å². The molecule has 4 N–H and O–H groups in total. The van der Waals surface area contributed by atoms with Gasteiger partial charge in [0.2, 0.25) is 0 Å². The zero-order valence-electron chi connectivity index (χ0n) is 16.2.